The third-order valence-electron chi connectivity index (χ3n) is 1.39. The van der Waals surface area contributed by atoms with Crippen molar-refractivity contribution in [2.45, 2.75) is 12.3 Å². The molecule has 1 heterocycles. The van der Waals surface area contributed by atoms with E-state index in [-0.39, 0.29) is 0 Å². The zero-order valence-electron chi connectivity index (χ0n) is 5.81. The molecule has 1 atom stereocenters. The van der Waals surface area contributed by atoms with Gasteiger partial charge < -0.3 is 11.2 Å². The van der Waals surface area contributed by atoms with Crippen molar-refractivity contribution < 1.29 is 13.2 Å². The zero-order chi connectivity index (χ0) is 8.65. The second-order valence-corrected chi connectivity index (χ2v) is 2.29. The Hall–Kier alpha value is -0.750. The number of halogens is 3. The summed E-state index contributed by atoms with van der Waals surface area (Å²) in [6.45, 7) is 0. The molecule has 0 radical (unpaired) electrons. The maximum atomic E-state index is 11.9. The summed E-state index contributed by atoms with van der Waals surface area (Å²) in [4.78, 5) is 0. The summed E-state index contributed by atoms with van der Waals surface area (Å²) in [5, 5.41) is 1.18. The van der Waals surface area contributed by atoms with Gasteiger partial charge in [-0.05, 0) is 6.08 Å². The summed E-state index contributed by atoms with van der Waals surface area (Å²) in [7, 11) is 1.44. The van der Waals surface area contributed by atoms with Crippen LogP contribution in [-0.2, 0) is 0 Å². The lowest BCUT2D eigenvalue weighted by molar-refractivity contribution is -0.0998. The molecule has 1 aliphatic heterocycles. The Morgan fingerprint density at radius 2 is 2.18 bits per heavy atom. The molecule has 3 N–H and O–H groups in total. The van der Waals surface area contributed by atoms with Gasteiger partial charge in [-0.1, -0.05) is 0 Å². The Morgan fingerprint density at radius 3 is 2.36 bits per heavy atom. The smallest absolute Gasteiger partial charge is 0.313 e. The average molecular weight is 167 g/mol. The van der Waals surface area contributed by atoms with Crippen LogP contribution in [0.1, 0.15) is 0 Å². The fourth-order valence-corrected chi connectivity index (χ4v) is 0.742. The number of hydrogen-bond acceptors (Lipinski definition) is 3. The van der Waals surface area contributed by atoms with Gasteiger partial charge in [0.2, 0.25) is 0 Å². The largest absolute Gasteiger partial charge is 0.432 e. The van der Waals surface area contributed by atoms with Gasteiger partial charge in [-0.3, -0.25) is 0 Å². The van der Waals surface area contributed by atoms with Gasteiger partial charge in [0.05, 0.1) is 6.17 Å². The Bertz CT molecular complexity index is 186. The van der Waals surface area contributed by atoms with Crippen molar-refractivity contribution in [3.8, 4) is 0 Å². The van der Waals surface area contributed by atoms with Crippen LogP contribution in [0.15, 0.2) is 11.8 Å². The third kappa shape index (κ3) is 1.63. The van der Waals surface area contributed by atoms with Gasteiger partial charge in [-0.25, -0.2) is 5.01 Å². The van der Waals surface area contributed by atoms with E-state index < -0.39 is 18.0 Å². The van der Waals surface area contributed by atoms with E-state index in [4.69, 9.17) is 5.73 Å². The highest BCUT2D eigenvalue weighted by Crippen LogP contribution is 2.26. The Morgan fingerprint density at radius 1 is 1.64 bits per heavy atom. The highest BCUT2D eigenvalue weighted by molar-refractivity contribution is 5.13. The van der Waals surface area contributed by atoms with Crippen LogP contribution in [-0.4, -0.2) is 24.4 Å². The quantitative estimate of drug-likeness (QED) is 0.540. The second kappa shape index (κ2) is 2.38. The predicted octanol–water partition coefficient (Wildman–Crippen LogP) is 0.167. The fraction of sp³-hybridized carbons (Fsp3) is 0.600. The fourth-order valence-electron chi connectivity index (χ4n) is 0.742. The minimum atomic E-state index is -4.33. The van der Waals surface area contributed by atoms with Crippen molar-refractivity contribution in [2.75, 3.05) is 7.05 Å². The molecule has 0 saturated heterocycles. The summed E-state index contributed by atoms with van der Waals surface area (Å²) in [5.74, 6) is 0. The van der Waals surface area contributed by atoms with Crippen molar-refractivity contribution in [3.05, 3.63) is 11.8 Å². The first kappa shape index (κ1) is 8.35. The number of hydrazine groups is 1. The number of nitrogens with zero attached hydrogens (tertiary/aromatic N) is 1. The van der Waals surface area contributed by atoms with Crippen LogP contribution >= 0.6 is 0 Å². The van der Waals surface area contributed by atoms with Gasteiger partial charge in [0.25, 0.3) is 0 Å². The zero-order valence-corrected chi connectivity index (χ0v) is 5.81. The Balaban J connectivity index is 2.71. The van der Waals surface area contributed by atoms with Crippen LogP contribution in [0, 0.1) is 0 Å². The molecule has 11 heavy (non-hydrogen) atoms. The highest BCUT2D eigenvalue weighted by atomic mass is 19.4. The van der Waals surface area contributed by atoms with Crippen LogP contribution in [0.25, 0.3) is 0 Å². The number of nitrogens with two attached hydrogens (primary N) is 1. The van der Waals surface area contributed by atoms with Crippen LogP contribution in [0.3, 0.4) is 0 Å². The SMILES string of the molecule is CN1NC(C(F)(F)F)=CC1N. The number of likely N-dealkylation sites (N-methyl/N-ethyl adjacent to an activating group) is 1. The van der Waals surface area contributed by atoms with E-state index in [1.807, 2.05) is 0 Å². The lowest BCUT2D eigenvalue weighted by Crippen LogP contribution is -2.41. The molecule has 0 bridgehead atoms. The van der Waals surface area contributed by atoms with E-state index in [2.05, 4.69) is 5.43 Å². The minimum absolute atomic E-state index is 0.702. The molecule has 0 aromatic heterocycles. The molecule has 0 aromatic carbocycles. The number of alkyl halides is 3. The van der Waals surface area contributed by atoms with Crippen molar-refractivity contribution in [3.63, 3.8) is 0 Å². The molecule has 1 rings (SSSR count). The van der Waals surface area contributed by atoms with Crippen LogP contribution in [0.2, 0.25) is 0 Å². The predicted molar refractivity (Wildman–Crippen MR) is 33.0 cm³/mol. The first-order valence-electron chi connectivity index (χ1n) is 2.95. The van der Waals surface area contributed by atoms with E-state index >= 15 is 0 Å². The lowest BCUT2D eigenvalue weighted by Gasteiger charge is -2.16. The van der Waals surface area contributed by atoms with Gasteiger partial charge in [0.1, 0.15) is 5.70 Å². The average Bonchev–Trinajstić information content (AvgIpc) is 2.11. The molecule has 0 saturated carbocycles. The molecular weight excluding hydrogens is 159 g/mol. The molecule has 6 heteroatoms. The molecular formula is C5H8F3N3. The summed E-state index contributed by atoms with van der Waals surface area (Å²) >= 11 is 0. The number of allylic oxidation sites excluding steroid dienone is 1. The maximum Gasteiger partial charge on any atom is 0.432 e. The molecule has 0 fully saturated rings. The van der Waals surface area contributed by atoms with Crippen molar-refractivity contribution >= 4 is 0 Å². The highest BCUT2D eigenvalue weighted by Gasteiger charge is 2.38. The van der Waals surface area contributed by atoms with E-state index in [1.165, 1.54) is 12.1 Å². The van der Waals surface area contributed by atoms with Crippen LogP contribution in [0.5, 0.6) is 0 Å². The van der Waals surface area contributed by atoms with Crippen molar-refractivity contribution in [1.29, 1.82) is 0 Å². The summed E-state index contributed by atoms with van der Waals surface area (Å²) < 4.78 is 35.7. The first-order valence-corrected chi connectivity index (χ1v) is 2.95. The molecule has 1 unspecified atom stereocenters. The second-order valence-electron chi connectivity index (χ2n) is 2.29. The molecule has 1 aliphatic rings. The van der Waals surface area contributed by atoms with Gasteiger partial charge in [0.15, 0.2) is 0 Å². The normalized spacial score (nSPS) is 26.6. The maximum absolute atomic E-state index is 11.9. The summed E-state index contributed by atoms with van der Waals surface area (Å²) in [6, 6.07) is 0. The van der Waals surface area contributed by atoms with E-state index in [0.29, 0.717) is 0 Å². The van der Waals surface area contributed by atoms with Crippen molar-refractivity contribution in [2.24, 2.45) is 5.73 Å². The number of rotatable bonds is 0. The molecule has 0 aliphatic carbocycles. The first-order chi connectivity index (χ1) is 4.91. The van der Waals surface area contributed by atoms with Crippen molar-refractivity contribution in [1.82, 2.24) is 10.4 Å². The molecule has 0 aromatic rings. The Kier molecular flexibility index (Phi) is 1.81. The van der Waals surface area contributed by atoms with Crippen LogP contribution < -0.4 is 11.2 Å². The third-order valence-corrected chi connectivity index (χ3v) is 1.39. The van der Waals surface area contributed by atoms with Gasteiger partial charge in [-0.2, -0.15) is 13.2 Å². The standard InChI is InChI=1S/C5H8F3N3/c1-11-4(9)2-3(10-11)5(6,7)8/h2,4,10H,9H2,1H3. The topological polar surface area (TPSA) is 41.3 Å². The van der Waals surface area contributed by atoms with Gasteiger partial charge in [0, 0.05) is 7.05 Å². The molecule has 0 spiro atoms. The monoisotopic (exact) mass is 167 g/mol. The number of nitrogens with one attached hydrogen (secondary N) is 1. The summed E-state index contributed by atoms with van der Waals surface area (Å²) in [6.07, 6.45) is -4.10. The lowest BCUT2D eigenvalue weighted by atomic mass is 10.4. The van der Waals surface area contributed by atoms with Gasteiger partial charge >= 0.3 is 6.18 Å². The summed E-state index contributed by atoms with van der Waals surface area (Å²) in [5.41, 5.74) is 6.54. The van der Waals surface area contributed by atoms with E-state index in [1.54, 1.807) is 0 Å². The molecule has 3 nitrogen and oxygen atoms in total. The molecule has 64 valence electrons. The van der Waals surface area contributed by atoms with E-state index in [9.17, 15) is 13.2 Å². The van der Waals surface area contributed by atoms with Crippen LogP contribution in [0.4, 0.5) is 13.2 Å². The van der Waals surface area contributed by atoms with Gasteiger partial charge in [-0.15, -0.1) is 0 Å². The minimum Gasteiger partial charge on any atom is -0.313 e. The Labute approximate surface area is 61.6 Å². The molecule has 0 amide bonds. The van der Waals surface area contributed by atoms with E-state index in [0.717, 1.165) is 6.08 Å². The number of hydrogen-bond donors (Lipinski definition) is 2.